The van der Waals surface area contributed by atoms with Gasteiger partial charge in [0.05, 0.1) is 5.69 Å². The van der Waals surface area contributed by atoms with E-state index in [1.807, 2.05) is 12.1 Å². The Morgan fingerprint density at radius 3 is 2.59 bits per heavy atom. The van der Waals surface area contributed by atoms with Gasteiger partial charge >= 0.3 is 0 Å². The van der Waals surface area contributed by atoms with E-state index in [0.29, 0.717) is 11.8 Å². The number of pyridine rings is 1. The van der Waals surface area contributed by atoms with Gasteiger partial charge in [-0.2, -0.15) is 0 Å². The van der Waals surface area contributed by atoms with Gasteiger partial charge in [0.25, 0.3) is 0 Å². The van der Waals surface area contributed by atoms with Crippen molar-refractivity contribution >= 4 is 39.9 Å². The fourth-order valence-electron chi connectivity index (χ4n) is 1.26. The lowest BCUT2D eigenvalue weighted by atomic mass is 10.3. The molecule has 0 saturated carbocycles. The van der Waals surface area contributed by atoms with Gasteiger partial charge in [-0.25, -0.2) is 13.8 Å². The molecule has 2 aromatic rings. The number of nitrogens with zero attached hydrogens (tertiary/aromatic N) is 1. The maximum Gasteiger partial charge on any atom is 0.169 e. The lowest BCUT2D eigenvalue weighted by Crippen LogP contribution is -2.03. The number of nitrogens with one attached hydrogen (secondary N) is 1. The van der Waals surface area contributed by atoms with Crippen LogP contribution in [-0.4, -0.2) is 4.98 Å². The zero-order chi connectivity index (χ0) is 12.4. The summed E-state index contributed by atoms with van der Waals surface area (Å²) < 4.78 is 27.2. The standard InChI is InChI=1S/C11H8F2IN3/c12-6-5-7(13)11(17-10(6)15)16-9-4-2-1-3-8(9)14/h1-5H,(H3,15,16,17). The molecule has 2 rings (SSSR count). The van der Waals surface area contributed by atoms with Crippen molar-refractivity contribution in [2.24, 2.45) is 0 Å². The summed E-state index contributed by atoms with van der Waals surface area (Å²) in [6.45, 7) is 0. The smallest absolute Gasteiger partial charge is 0.169 e. The Kier molecular flexibility index (Phi) is 3.41. The molecule has 0 fully saturated rings. The first-order valence-electron chi connectivity index (χ1n) is 4.71. The number of nitrogens with two attached hydrogens (primary N) is 1. The summed E-state index contributed by atoms with van der Waals surface area (Å²) in [7, 11) is 0. The molecule has 88 valence electrons. The van der Waals surface area contributed by atoms with Gasteiger partial charge in [0.2, 0.25) is 0 Å². The van der Waals surface area contributed by atoms with Crippen molar-refractivity contribution in [1.29, 1.82) is 0 Å². The van der Waals surface area contributed by atoms with Crippen molar-refractivity contribution < 1.29 is 8.78 Å². The third-order valence-corrected chi connectivity index (χ3v) is 3.02. The zero-order valence-electron chi connectivity index (χ0n) is 8.55. The summed E-state index contributed by atoms with van der Waals surface area (Å²) in [6.07, 6.45) is 0. The molecule has 0 unspecified atom stereocenters. The molecule has 0 aliphatic carbocycles. The van der Waals surface area contributed by atoms with Crippen molar-refractivity contribution in [2.45, 2.75) is 0 Å². The zero-order valence-corrected chi connectivity index (χ0v) is 10.7. The Labute approximate surface area is 110 Å². The van der Waals surface area contributed by atoms with Gasteiger partial charge in [0, 0.05) is 9.64 Å². The van der Waals surface area contributed by atoms with Gasteiger partial charge in [-0.3, -0.25) is 0 Å². The van der Waals surface area contributed by atoms with E-state index in [9.17, 15) is 8.78 Å². The largest absolute Gasteiger partial charge is 0.381 e. The number of hydrogen-bond donors (Lipinski definition) is 2. The average molecular weight is 347 g/mol. The van der Waals surface area contributed by atoms with Crippen LogP contribution < -0.4 is 11.1 Å². The molecule has 0 saturated heterocycles. The molecule has 3 nitrogen and oxygen atoms in total. The van der Waals surface area contributed by atoms with E-state index < -0.39 is 11.6 Å². The number of rotatable bonds is 2. The van der Waals surface area contributed by atoms with Gasteiger partial charge < -0.3 is 11.1 Å². The molecule has 17 heavy (non-hydrogen) atoms. The highest BCUT2D eigenvalue weighted by molar-refractivity contribution is 14.1. The normalized spacial score (nSPS) is 10.3. The van der Waals surface area contributed by atoms with Gasteiger partial charge in [-0.1, -0.05) is 12.1 Å². The Hall–Kier alpha value is -1.44. The quantitative estimate of drug-likeness (QED) is 0.820. The summed E-state index contributed by atoms with van der Waals surface area (Å²) in [5, 5.41) is 2.77. The second-order valence-electron chi connectivity index (χ2n) is 3.29. The van der Waals surface area contributed by atoms with Crippen LogP contribution in [-0.2, 0) is 0 Å². The Balaban J connectivity index is 2.37. The first kappa shape index (κ1) is 12.0. The maximum absolute atomic E-state index is 13.4. The number of halogens is 3. The molecule has 1 heterocycles. The molecule has 0 aliphatic rings. The maximum atomic E-state index is 13.4. The lowest BCUT2D eigenvalue weighted by molar-refractivity contribution is 0.581. The number of nitrogen functional groups attached to an aromatic ring is 1. The monoisotopic (exact) mass is 347 g/mol. The lowest BCUT2D eigenvalue weighted by Gasteiger charge is -2.09. The van der Waals surface area contributed by atoms with E-state index in [-0.39, 0.29) is 11.6 Å². The molecule has 0 spiro atoms. The second-order valence-corrected chi connectivity index (χ2v) is 4.45. The van der Waals surface area contributed by atoms with Crippen LogP contribution in [0.4, 0.5) is 26.1 Å². The molecule has 0 atom stereocenters. The summed E-state index contributed by atoms with van der Waals surface area (Å²) in [5.74, 6) is -2.07. The van der Waals surface area contributed by atoms with Crippen LogP contribution in [0.5, 0.6) is 0 Å². The molecule has 0 amide bonds. The van der Waals surface area contributed by atoms with Crippen molar-refractivity contribution in [3.05, 3.63) is 45.5 Å². The van der Waals surface area contributed by atoms with Crippen LogP contribution in [0.15, 0.2) is 30.3 Å². The number of aromatic nitrogens is 1. The highest BCUT2D eigenvalue weighted by atomic mass is 127. The number of para-hydroxylation sites is 1. The Bertz CT molecular complexity index is 560. The predicted molar refractivity (Wildman–Crippen MR) is 71.0 cm³/mol. The van der Waals surface area contributed by atoms with Crippen molar-refractivity contribution in [1.82, 2.24) is 4.98 Å². The summed E-state index contributed by atoms with van der Waals surface area (Å²) in [4.78, 5) is 3.62. The summed E-state index contributed by atoms with van der Waals surface area (Å²) in [5.41, 5.74) is 5.97. The van der Waals surface area contributed by atoms with Crippen LogP contribution in [0.2, 0.25) is 0 Å². The van der Waals surface area contributed by atoms with E-state index in [2.05, 4.69) is 32.9 Å². The molecule has 3 N–H and O–H groups in total. The van der Waals surface area contributed by atoms with Gasteiger partial charge in [0.1, 0.15) is 0 Å². The molecule has 0 bridgehead atoms. The van der Waals surface area contributed by atoms with Crippen LogP contribution in [0.1, 0.15) is 0 Å². The first-order valence-corrected chi connectivity index (χ1v) is 5.79. The minimum atomic E-state index is -0.865. The van der Waals surface area contributed by atoms with E-state index in [1.54, 1.807) is 12.1 Å². The molecule has 0 radical (unpaired) electrons. The van der Waals surface area contributed by atoms with E-state index in [1.165, 1.54) is 0 Å². The van der Waals surface area contributed by atoms with Crippen LogP contribution >= 0.6 is 22.6 Å². The van der Waals surface area contributed by atoms with Crippen LogP contribution in [0.25, 0.3) is 0 Å². The van der Waals surface area contributed by atoms with Crippen LogP contribution in [0, 0.1) is 15.2 Å². The van der Waals surface area contributed by atoms with Crippen LogP contribution in [0.3, 0.4) is 0 Å². The molecular weight excluding hydrogens is 339 g/mol. The molecular formula is C11H8F2IN3. The molecule has 1 aromatic carbocycles. The average Bonchev–Trinajstić information content (AvgIpc) is 2.29. The van der Waals surface area contributed by atoms with E-state index in [0.717, 1.165) is 3.57 Å². The topological polar surface area (TPSA) is 50.9 Å². The van der Waals surface area contributed by atoms with Gasteiger partial charge in [-0.15, -0.1) is 0 Å². The highest BCUT2D eigenvalue weighted by Gasteiger charge is 2.10. The fraction of sp³-hybridized carbons (Fsp3) is 0. The highest BCUT2D eigenvalue weighted by Crippen LogP contribution is 2.24. The van der Waals surface area contributed by atoms with Crippen molar-refractivity contribution in [3.8, 4) is 0 Å². The molecule has 0 aliphatic heterocycles. The van der Waals surface area contributed by atoms with Gasteiger partial charge in [0.15, 0.2) is 23.3 Å². The SMILES string of the molecule is Nc1nc(Nc2ccccc2I)c(F)cc1F. The van der Waals surface area contributed by atoms with Crippen molar-refractivity contribution in [2.75, 3.05) is 11.1 Å². The van der Waals surface area contributed by atoms with E-state index >= 15 is 0 Å². The second kappa shape index (κ2) is 4.82. The number of hydrogen-bond acceptors (Lipinski definition) is 3. The predicted octanol–water partition coefficient (Wildman–Crippen LogP) is 3.29. The first-order chi connectivity index (χ1) is 8.08. The Morgan fingerprint density at radius 2 is 1.88 bits per heavy atom. The summed E-state index contributed by atoms with van der Waals surface area (Å²) >= 11 is 2.10. The van der Waals surface area contributed by atoms with E-state index in [4.69, 9.17) is 5.73 Å². The van der Waals surface area contributed by atoms with Gasteiger partial charge in [-0.05, 0) is 34.7 Å². The third-order valence-electron chi connectivity index (χ3n) is 2.08. The number of anilines is 3. The molecule has 1 aromatic heterocycles. The fourth-order valence-corrected chi connectivity index (χ4v) is 1.78. The minimum absolute atomic E-state index is 0.0898. The Morgan fingerprint density at radius 1 is 1.18 bits per heavy atom. The third kappa shape index (κ3) is 2.63. The minimum Gasteiger partial charge on any atom is -0.381 e. The molecule has 6 heteroatoms. The van der Waals surface area contributed by atoms with Crippen molar-refractivity contribution in [3.63, 3.8) is 0 Å². The summed E-state index contributed by atoms with van der Waals surface area (Å²) in [6, 6.07) is 7.99. The number of benzene rings is 1.